The van der Waals surface area contributed by atoms with Crippen LogP contribution in [0.25, 0.3) is 0 Å². The Morgan fingerprint density at radius 3 is 2.75 bits per heavy atom. The van der Waals surface area contributed by atoms with Crippen LogP contribution in [0.15, 0.2) is 5.38 Å². The molecular weight excluding hydrogens is 324 g/mol. The molecule has 6 nitrogen and oxygen atoms in total. The number of anilines is 1. The molecule has 2 aliphatic rings. The predicted molar refractivity (Wildman–Crippen MR) is 94.6 cm³/mol. The molecule has 3 heterocycles. The van der Waals surface area contributed by atoms with Crippen LogP contribution in [0.3, 0.4) is 0 Å². The molecular formula is C17H26N4O2S. The van der Waals surface area contributed by atoms with E-state index in [9.17, 15) is 9.59 Å². The van der Waals surface area contributed by atoms with Gasteiger partial charge in [-0.2, -0.15) is 0 Å². The molecule has 1 aromatic heterocycles. The first-order chi connectivity index (χ1) is 11.5. The SMILES string of the molecule is CCN1CC2(CCC1=O)CCN(C(=O)CCc1csc(N)n1)CC2. The number of hydrogen-bond donors (Lipinski definition) is 1. The lowest BCUT2D eigenvalue weighted by atomic mass is 9.72. The lowest BCUT2D eigenvalue weighted by molar-refractivity contribution is -0.142. The lowest BCUT2D eigenvalue weighted by Gasteiger charge is -2.47. The Balaban J connectivity index is 1.49. The minimum atomic E-state index is 0.204. The molecule has 0 unspecified atom stereocenters. The highest BCUT2D eigenvalue weighted by atomic mass is 32.1. The molecule has 0 bridgehead atoms. The molecule has 7 heteroatoms. The molecule has 2 saturated heterocycles. The topological polar surface area (TPSA) is 79.5 Å². The van der Waals surface area contributed by atoms with Crippen LogP contribution in [0.4, 0.5) is 5.13 Å². The van der Waals surface area contributed by atoms with Gasteiger partial charge in [-0.1, -0.05) is 0 Å². The fraction of sp³-hybridized carbons (Fsp3) is 0.706. The van der Waals surface area contributed by atoms with Gasteiger partial charge in [-0.05, 0) is 38.0 Å². The van der Waals surface area contributed by atoms with E-state index in [0.717, 1.165) is 51.1 Å². The van der Waals surface area contributed by atoms with Crippen molar-refractivity contribution in [2.24, 2.45) is 5.41 Å². The summed E-state index contributed by atoms with van der Waals surface area (Å²) in [7, 11) is 0. The van der Waals surface area contributed by atoms with Gasteiger partial charge < -0.3 is 15.5 Å². The van der Waals surface area contributed by atoms with Gasteiger partial charge in [0.15, 0.2) is 5.13 Å². The molecule has 2 fully saturated rings. The lowest BCUT2D eigenvalue weighted by Crippen LogP contribution is -2.52. The zero-order valence-electron chi connectivity index (χ0n) is 14.3. The normalized spacial score (nSPS) is 20.6. The third kappa shape index (κ3) is 3.71. The molecule has 0 saturated carbocycles. The number of nitrogen functional groups attached to an aromatic ring is 1. The number of piperidine rings is 2. The Bertz CT molecular complexity index is 607. The summed E-state index contributed by atoms with van der Waals surface area (Å²) in [5.41, 5.74) is 6.76. The molecule has 1 spiro atoms. The van der Waals surface area contributed by atoms with E-state index in [-0.39, 0.29) is 17.2 Å². The van der Waals surface area contributed by atoms with Crippen molar-refractivity contribution in [3.8, 4) is 0 Å². The Kier molecular flexibility index (Phi) is 5.08. The van der Waals surface area contributed by atoms with Crippen LogP contribution in [-0.4, -0.2) is 52.8 Å². The van der Waals surface area contributed by atoms with Crippen molar-refractivity contribution in [3.63, 3.8) is 0 Å². The third-order valence-corrected chi connectivity index (χ3v) is 6.19. The Hall–Kier alpha value is -1.63. The summed E-state index contributed by atoms with van der Waals surface area (Å²) in [6.45, 7) is 5.32. The maximum atomic E-state index is 12.4. The Morgan fingerprint density at radius 2 is 2.12 bits per heavy atom. The van der Waals surface area contributed by atoms with Crippen molar-refractivity contribution >= 4 is 28.3 Å². The number of carbonyl (C=O) groups is 2. The smallest absolute Gasteiger partial charge is 0.222 e. The molecule has 0 radical (unpaired) electrons. The van der Waals surface area contributed by atoms with Crippen LogP contribution in [-0.2, 0) is 16.0 Å². The predicted octanol–water partition coefficient (Wildman–Crippen LogP) is 1.91. The van der Waals surface area contributed by atoms with E-state index in [2.05, 4.69) is 4.98 Å². The number of nitrogens with two attached hydrogens (primary N) is 1. The molecule has 0 aliphatic carbocycles. The summed E-state index contributed by atoms with van der Waals surface area (Å²) in [6, 6.07) is 0. The van der Waals surface area contributed by atoms with Crippen molar-refractivity contribution in [2.45, 2.75) is 45.4 Å². The summed E-state index contributed by atoms with van der Waals surface area (Å²) in [4.78, 5) is 32.5. The average Bonchev–Trinajstić information content (AvgIpc) is 3.01. The van der Waals surface area contributed by atoms with Crippen LogP contribution < -0.4 is 5.73 Å². The first-order valence-corrected chi connectivity index (χ1v) is 9.65. The quantitative estimate of drug-likeness (QED) is 0.899. The van der Waals surface area contributed by atoms with Crippen LogP contribution in [0.1, 0.15) is 44.7 Å². The summed E-state index contributed by atoms with van der Waals surface area (Å²) >= 11 is 1.42. The van der Waals surface area contributed by atoms with E-state index < -0.39 is 0 Å². The van der Waals surface area contributed by atoms with E-state index >= 15 is 0 Å². The monoisotopic (exact) mass is 350 g/mol. The van der Waals surface area contributed by atoms with Gasteiger partial charge in [-0.15, -0.1) is 11.3 Å². The van der Waals surface area contributed by atoms with E-state index in [4.69, 9.17) is 5.73 Å². The van der Waals surface area contributed by atoms with Crippen LogP contribution in [0.5, 0.6) is 0 Å². The molecule has 0 aromatic carbocycles. The third-order valence-electron chi connectivity index (χ3n) is 5.47. The number of hydrogen-bond acceptors (Lipinski definition) is 5. The van der Waals surface area contributed by atoms with Gasteiger partial charge in [0.25, 0.3) is 0 Å². The fourth-order valence-corrected chi connectivity index (χ4v) is 4.46. The molecule has 2 N–H and O–H groups in total. The summed E-state index contributed by atoms with van der Waals surface area (Å²) in [5, 5.41) is 2.48. The van der Waals surface area contributed by atoms with Crippen LogP contribution >= 0.6 is 11.3 Å². The molecule has 24 heavy (non-hydrogen) atoms. The minimum absolute atomic E-state index is 0.204. The maximum Gasteiger partial charge on any atom is 0.222 e. The average molecular weight is 350 g/mol. The molecule has 0 atom stereocenters. The Labute approximate surface area is 147 Å². The van der Waals surface area contributed by atoms with Gasteiger partial charge in [0, 0.05) is 44.4 Å². The number of carbonyl (C=O) groups excluding carboxylic acids is 2. The molecule has 2 amide bonds. The number of aryl methyl sites for hydroxylation is 1. The number of likely N-dealkylation sites (tertiary alicyclic amines) is 2. The highest BCUT2D eigenvalue weighted by molar-refractivity contribution is 7.13. The summed E-state index contributed by atoms with van der Waals surface area (Å²) < 4.78 is 0. The maximum absolute atomic E-state index is 12.4. The second kappa shape index (κ2) is 7.09. The van der Waals surface area contributed by atoms with Gasteiger partial charge >= 0.3 is 0 Å². The fourth-order valence-electron chi connectivity index (χ4n) is 3.86. The van der Waals surface area contributed by atoms with E-state index in [0.29, 0.717) is 24.4 Å². The van der Waals surface area contributed by atoms with Crippen LogP contribution in [0.2, 0.25) is 0 Å². The van der Waals surface area contributed by atoms with Crippen molar-refractivity contribution in [1.82, 2.24) is 14.8 Å². The van der Waals surface area contributed by atoms with Crippen LogP contribution in [0, 0.1) is 5.41 Å². The number of aromatic nitrogens is 1. The van der Waals surface area contributed by atoms with Gasteiger partial charge in [-0.3, -0.25) is 9.59 Å². The molecule has 132 valence electrons. The second-order valence-corrected chi connectivity index (χ2v) is 7.86. The van der Waals surface area contributed by atoms with E-state index in [1.807, 2.05) is 22.1 Å². The van der Waals surface area contributed by atoms with Gasteiger partial charge in [0.2, 0.25) is 11.8 Å². The van der Waals surface area contributed by atoms with E-state index in [1.54, 1.807) is 0 Å². The molecule has 3 rings (SSSR count). The van der Waals surface area contributed by atoms with Crippen molar-refractivity contribution < 1.29 is 9.59 Å². The van der Waals surface area contributed by atoms with Crippen molar-refractivity contribution in [1.29, 1.82) is 0 Å². The standard InChI is InChI=1S/C17H26N4O2S/c1-2-20-12-17(6-5-15(20)23)7-9-21(10-8-17)14(22)4-3-13-11-24-16(18)19-13/h11H,2-10,12H2,1H3,(H2,18,19). The first kappa shape index (κ1) is 17.2. The largest absolute Gasteiger partial charge is 0.375 e. The highest BCUT2D eigenvalue weighted by Gasteiger charge is 2.41. The first-order valence-electron chi connectivity index (χ1n) is 8.77. The summed E-state index contributed by atoms with van der Waals surface area (Å²) in [6.07, 6.45) is 4.80. The minimum Gasteiger partial charge on any atom is -0.375 e. The van der Waals surface area contributed by atoms with Gasteiger partial charge in [0.1, 0.15) is 0 Å². The zero-order chi connectivity index (χ0) is 17.2. The second-order valence-electron chi connectivity index (χ2n) is 6.97. The van der Waals surface area contributed by atoms with Crippen molar-refractivity contribution in [3.05, 3.63) is 11.1 Å². The summed E-state index contributed by atoms with van der Waals surface area (Å²) in [5.74, 6) is 0.486. The van der Waals surface area contributed by atoms with Gasteiger partial charge in [-0.25, -0.2) is 4.98 Å². The number of amides is 2. The van der Waals surface area contributed by atoms with Crippen molar-refractivity contribution in [2.75, 3.05) is 31.9 Å². The van der Waals surface area contributed by atoms with Gasteiger partial charge in [0.05, 0.1) is 5.69 Å². The number of nitrogens with zero attached hydrogens (tertiary/aromatic N) is 3. The number of rotatable bonds is 4. The zero-order valence-corrected chi connectivity index (χ0v) is 15.1. The Morgan fingerprint density at radius 1 is 1.38 bits per heavy atom. The number of thiazole rings is 1. The molecule has 1 aromatic rings. The molecule has 2 aliphatic heterocycles. The highest BCUT2D eigenvalue weighted by Crippen LogP contribution is 2.40. The van der Waals surface area contributed by atoms with E-state index in [1.165, 1.54) is 11.3 Å².